The van der Waals surface area contributed by atoms with Gasteiger partial charge >= 0.3 is 0 Å². The van der Waals surface area contributed by atoms with E-state index in [0.29, 0.717) is 12.3 Å². The van der Waals surface area contributed by atoms with Crippen LogP contribution >= 0.6 is 0 Å². The van der Waals surface area contributed by atoms with Crippen molar-refractivity contribution in [2.24, 2.45) is 0 Å². The summed E-state index contributed by atoms with van der Waals surface area (Å²) in [6.07, 6.45) is 2.99. The summed E-state index contributed by atoms with van der Waals surface area (Å²) in [5.41, 5.74) is 0.822. The van der Waals surface area contributed by atoms with Gasteiger partial charge in [0.15, 0.2) is 0 Å². The van der Waals surface area contributed by atoms with Crippen molar-refractivity contribution in [1.82, 2.24) is 4.90 Å². The lowest BCUT2D eigenvalue weighted by Crippen LogP contribution is -2.37. The molecular weight excluding hydrogens is 258 g/mol. The van der Waals surface area contributed by atoms with Crippen molar-refractivity contribution in [3.63, 3.8) is 0 Å². The number of nitrogens with zero attached hydrogens (tertiary/aromatic N) is 3. The van der Waals surface area contributed by atoms with Crippen LogP contribution in [0.3, 0.4) is 0 Å². The second-order valence-electron chi connectivity index (χ2n) is 4.91. The standard InChI is InChI=1S/C14H17N3O3/c1-20-14-7-11(6-13(8-14)17(18)19)10-16-5-3-2-4-12(16)9-15/h6-8,12H,2-5,10H2,1H3. The fourth-order valence-electron chi connectivity index (χ4n) is 2.52. The van der Waals surface area contributed by atoms with Crippen molar-refractivity contribution in [1.29, 1.82) is 5.26 Å². The molecule has 6 heteroatoms. The minimum Gasteiger partial charge on any atom is -0.496 e. The zero-order valence-corrected chi connectivity index (χ0v) is 11.4. The number of hydrogen-bond acceptors (Lipinski definition) is 5. The maximum absolute atomic E-state index is 10.9. The topological polar surface area (TPSA) is 79.4 Å². The average molecular weight is 275 g/mol. The largest absolute Gasteiger partial charge is 0.496 e. The molecule has 1 heterocycles. The van der Waals surface area contributed by atoms with Crippen LogP contribution in [0.4, 0.5) is 5.69 Å². The minimum absolute atomic E-state index is 0.0184. The molecule has 1 saturated heterocycles. The van der Waals surface area contributed by atoms with E-state index in [2.05, 4.69) is 11.0 Å². The van der Waals surface area contributed by atoms with Gasteiger partial charge in [-0.05, 0) is 37.4 Å². The molecule has 0 saturated carbocycles. The van der Waals surface area contributed by atoms with Gasteiger partial charge in [0, 0.05) is 12.6 Å². The van der Waals surface area contributed by atoms with Crippen LogP contribution in [0.5, 0.6) is 5.75 Å². The number of nitro groups is 1. The number of methoxy groups -OCH3 is 1. The van der Waals surface area contributed by atoms with Crippen molar-refractivity contribution in [2.45, 2.75) is 31.8 Å². The van der Waals surface area contributed by atoms with Crippen LogP contribution in [0, 0.1) is 21.4 Å². The molecule has 1 atom stereocenters. The number of ether oxygens (including phenoxy) is 1. The highest BCUT2D eigenvalue weighted by molar-refractivity contribution is 5.42. The smallest absolute Gasteiger partial charge is 0.273 e. The molecule has 1 aliphatic heterocycles. The van der Waals surface area contributed by atoms with Gasteiger partial charge in [0.2, 0.25) is 0 Å². The first-order valence-corrected chi connectivity index (χ1v) is 6.60. The highest BCUT2D eigenvalue weighted by Crippen LogP contribution is 2.25. The quantitative estimate of drug-likeness (QED) is 0.623. The minimum atomic E-state index is -0.427. The predicted octanol–water partition coefficient (Wildman–Crippen LogP) is 2.48. The third-order valence-corrected chi connectivity index (χ3v) is 3.55. The van der Waals surface area contributed by atoms with E-state index >= 15 is 0 Å². The van der Waals surface area contributed by atoms with Gasteiger partial charge in [-0.25, -0.2) is 0 Å². The SMILES string of the molecule is COc1cc(CN2CCCCC2C#N)cc([N+](=O)[O-])c1. The van der Waals surface area contributed by atoms with E-state index in [0.717, 1.165) is 31.4 Å². The van der Waals surface area contributed by atoms with Gasteiger partial charge in [-0.3, -0.25) is 15.0 Å². The summed E-state index contributed by atoms with van der Waals surface area (Å²) in [6.45, 7) is 1.39. The Morgan fingerprint density at radius 3 is 2.95 bits per heavy atom. The lowest BCUT2D eigenvalue weighted by molar-refractivity contribution is -0.385. The molecule has 20 heavy (non-hydrogen) atoms. The van der Waals surface area contributed by atoms with E-state index in [1.54, 1.807) is 12.1 Å². The fourth-order valence-corrected chi connectivity index (χ4v) is 2.52. The second kappa shape index (κ2) is 6.35. The highest BCUT2D eigenvalue weighted by atomic mass is 16.6. The van der Waals surface area contributed by atoms with E-state index in [1.807, 2.05) is 0 Å². The number of nitriles is 1. The van der Waals surface area contributed by atoms with Crippen LogP contribution in [0.25, 0.3) is 0 Å². The van der Waals surface area contributed by atoms with Crippen molar-refractivity contribution in [2.75, 3.05) is 13.7 Å². The number of non-ortho nitro benzene ring substituents is 1. The maximum Gasteiger partial charge on any atom is 0.273 e. The fraction of sp³-hybridized carbons (Fsp3) is 0.500. The normalized spacial score (nSPS) is 19.3. The van der Waals surface area contributed by atoms with Gasteiger partial charge in [0.25, 0.3) is 5.69 Å². The number of likely N-dealkylation sites (tertiary alicyclic amines) is 1. The molecule has 1 aromatic rings. The molecular formula is C14H17N3O3. The van der Waals surface area contributed by atoms with Gasteiger partial charge in [-0.2, -0.15) is 5.26 Å². The van der Waals surface area contributed by atoms with E-state index in [-0.39, 0.29) is 11.7 Å². The predicted molar refractivity (Wildman–Crippen MR) is 73.3 cm³/mol. The Hall–Kier alpha value is -2.13. The molecule has 0 amide bonds. The van der Waals surface area contributed by atoms with Gasteiger partial charge in [-0.15, -0.1) is 0 Å². The van der Waals surface area contributed by atoms with E-state index in [9.17, 15) is 10.1 Å². The van der Waals surface area contributed by atoms with E-state index in [1.165, 1.54) is 13.2 Å². The third kappa shape index (κ3) is 3.25. The number of benzene rings is 1. The van der Waals surface area contributed by atoms with E-state index in [4.69, 9.17) is 10.00 Å². The van der Waals surface area contributed by atoms with Gasteiger partial charge in [-0.1, -0.05) is 0 Å². The molecule has 0 N–H and O–H groups in total. The first-order valence-electron chi connectivity index (χ1n) is 6.60. The summed E-state index contributed by atoms with van der Waals surface area (Å²) < 4.78 is 5.10. The lowest BCUT2D eigenvalue weighted by Gasteiger charge is -2.31. The molecule has 0 spiro atoms. The molecule has 0 aliphatic carbocycles. The zero-order chi connectivity index (χ0) is 14.5. The monoisotopic (exact) mass is 275 g/mol. The summed E-state index contributed by atoms with van der Waals surface area (Å²) in [5, 5.41) is 20.1. The third-order valence-electron chi connectivity index (χ3n) is 3.55. The van der Waals surface area contributed by atoms with Crippen LogP contribution in [0.2, 0.25) is 0 Å². The van der Waals surface area contributed by atoms with Crippen molar-refractivity contribution in [3.8, 4) is 11.8 Å². The Bertz CT molecular complexity index is 539. The Kier molecular flexibility index (Phi) is 4.53. The number of hydrogen-bond donors (Lipinski definition) is 0. The molecule has 6 nitrogen and oxygen atoms in total. The van der Waals surface area contributed by atoms with Crippen LogP contribution in [-0.4, -0.2) is 29.5 Å². The molecule has 1 fully saturated rings. The zero-order valence-electron chi connectivity index (χ0n) is 11.4. The van der Waals surface area contributed by atoms with Crippen LogP contribution in [0.1, 0.15) is 24.8 Å². The molecule has 2 rings (SSSR count). The van der Waals surface area contributed by atoms with Crippen molar-refractivity contribution in [3.05, 3.63) is 33.9 Å². The molecule has 106 valence electrons. The summed E-state index contributed by atoms with van der Waals surface area (Å²) in [4.78, 5) is 12.6. The first-order chi connectivity index (χ1) is 9.63. The van der Waals surface area contributed by atoms with Crippen LogP contribution in [-0.2, 0) is 6.54 Å². The number of nitro benzene ring substituents is 1. The van der Waals surface area contributed by atoms with Crippen molar-refractivity contribution >= 4 is 5.69 Å². The molecule has 1 aromatic carbocycles. The van der Waals surface area contributed by atoms with E-state index < -0.39 is 4.92 Å². The van der Waals surface area contributed by atoms with Gasteiger partial charge in [0.05, 0.1) is 30.2 Å². The second-order valence-corrected chi connectivity index (χ2v) is 4.91. The maximum atomic E-state index is 10.9. The lowest BCUT2D eigenvalue weighted by atomic mass is 10.0. The molecule has 1 aliphatic rings. The van der Waals surface area contributed by atoms with Crippen LogP contribution in [0.15, 0.2) is 18.2 Å². The number of piperidine rings is 1. The van der Waals surface area contributed by atoms with Gasteiger partial charge < -0.3 is 4.74 Å². The highest BCUT2D eigenvalue weighted by Gasteiger charge is 2.22. The summed E-state index contributed by atoms with van der Waals surface area (Å²) in [6, 6.07) is 6.94. The average Bonchev–Trinajstić information content (AvgIpc) is 2.47. The van der Waals surface area contributed by atoms with Crippen molar-refractivity contribution < 1.29 is 9.66 Å². The Morgan fingerprint density at radius 2 is 2.30 bits per heavy atom. The summed E-state index contributed by atoms with van der Waals surface area (Å²) in [7, 11) is 1.49. The van der Waals surface area contributed by atoms with Crippen LogP contribution < -0.4 is 4.74 Å². The summed E-state index contributed by atoms with van der Waals surface area (Å²) in [5.74, 6) is 0.472. The first kappa shape index (κ1) is 14.3. The van der Waals surface area contributed by atoms with Gasteiger partial charge in [0.1, 0.15) is 5.75 Å². The Morgan fingerprint density at radius 1 is 1.50 bits per heavy atom. The molecule has 0 radical (unpaired) electrons. The molecule has 0 aromatic heterocycles. The summed E-state index contributed by atoms with van der Waals surface area (Å²) >= 11 is 0. The Balaban J connectivity index is 2.21. The molecule has 1 unspecified atom stereocenters. The Labute approximate surface area is 117 Å². The molecule has 0 bridgehead atoms. The number of rotatable bonds is 4.